The smallest absolute Gasteiger partial charge is 0.247 e. The Hall–Kier alpha value is -1.82. The highest BCUT2D eigenvalue weighted by molar-refractivity contribution is 8.00. The van der Waals surface area contributed by atoms with E-state index in [1.54, 1.807) is 13.4 Å². The van der Waals surface area contributed by atoms with Crippen molar-refractivity contribution in [3.8, 4) is 5.75 Å². The van der Waals surface area contributed by atoms with E-state index in [4.69, 9.17) is 21.3 Å². The van der Waals surface area contributed by atoms with Crippen LogP contribution in [0.2, 0.25) is 5.02 Å². The van der Waals surface area contributed by atoms with E-state index in [1.165, 1.54) is 36.1 Å². The average Bonchev–Trinajstić information content (AvgIpc) is 3.09. The molecule has 0 aromatic heterocycles. The standard InChI is InChI=1S/C27H35ClN3OS/c1-27(2,3)22-13-9-10-14-25(22)33-26-30-18-29-19-31(26,20-11-7-5-6-8-12-20)21-15-16-24(32-4)23(28)17-21/h9-10,13-20,26H,5-8,11-12H2,1-4H3/q+1. The van der Waals surface area contributed by atoms with Crippen molar-refractivity contribution in [3.05, 3.63) is 53.1 Å². The van der Waals surface area contributed by atoms with Crippen LogP contribution in [-0.4, -0.2) is 31.3 Å². The first kappa shape index (κ1) is 24.3. The molecule has 0 bridgehead atoms. The molecule has 4 nitrogen and oxygen atoms in total. The van der Waals surface area contributed by atoms with Crippen LogP contribution in [0.1, 0.15) is 64.9 Å². The molecule has 0 saturated heterocycles. The summed E-state index contributed by atoms with van der Waals surface area (Å²) in [6.07, 6.45) is 11.2. The highest BCUT2D eigenvalue weighted by atomic mass is 35.5. The van der Waals surface area contributed by atoms with Crippen LogP contribution in [0.3, 0.4) is 0 Å². The highest BCUT2D eigenvalue weighted by Crippen LogP contribution is 2.45. The number of methoxy groups -OCH3 is 1. The molecule has 0 spiro atoms. The van der Waals surface area contributed by atoms with Crippen molar-refractivity contribution in [2.75, 3.05) is 7.11 Å². The summed E-state index contributed by atoms with van der Waals surface area (Å²) in [6.45, 7) is 6.82. The second-order valence-electron chi connectivity index (χ2n) is 10.0. The van der Waals surface area contributed by atoms with Crippen LogP contribution in [0, 0.1) is 0 Å². The Balaban J connectivity index is 1.83. The van der Waals surface area contributed by atoms with E-state index >= 15 is 0 Å². The molecular formula is C27H35ClN3OS+. The highest BCUT2D eigenvalue weighted by Gasteiger charge is 2.47. The van der Waals surface area contributed by atoms with Crippen molar-refractivity contribution in [3.63, 3.8) is 0 Å². The molecule has 0 amide bonds. The third-order valence-corrected chi connectivity index (χ3v) is 8.41. The monoisotopic (exact) mass is 484 g/mol. The topological polar surface area (TPSA) is 34.0 Å². The lowest BCUT2D eigenvalue weighted by Crippen LogP contribution is -2.61. The largest absolute Gasteiger partial charge is 0.495 e. The Kier molecular flexibility index (Phi) is 7.52. The number of nitrogens with zero attached hydrogens (tertiary/aromatic N) is 3. The van der Waals surface area contributed by atoms with Crippen LogP contribution >= 0.6 is 23.4 Å². The van der Waals surface area contributed by atoms with Gasteiger partial charge >= 0.3 is 0 Å². The Morgan fingerprint density at radius 1 is 1.03 bits per heavy atom. The number of benzene rings is 2. The summed E-state index contributed by atoms with van der Waals surface area (Å²) in [5.41, 5.74) is 2.45. The predicted octanol–water partition coefficient (Wildman–Crippen LogP) is 7.82. The molecule has 2 aromatic carbocycles. The fourth-order valence-corrected chi connectivity index (χ4v) is 6.86. The van der Waals surface area contributed by atoms with Crippen molar-refractivity contribution in [1.82, 2.24) is 4.48 Å². The quantitative estimate of drug-likeness (QED) is 0.320. The van der Waals surface area contributed by atoms with Gasteiger partial charge in [-0.2, -0.15) is 4.99 Å². The average molecular weight is 485 g/mol. The lowest BCUT2D eigenvalue weighted by molar-refractivity contribution is 0.276. The van der Waals surface area contributed by atoms with E-state index in [9.17, 15) is 0 Å². The van der Waals surface area contributed by atoms with Crippen LogP contribution < -0.4 is 9.22 Å². The van der Waals surface area contributed by atoms with Crippen molar-refractivity contribution >= 4 is 41.7 Å². The molecule has 176 valence electrons. The summed E-state index contributed by atoms with van der Waals surface area (Å²) >= 11 is 8.49. The summed E-state index contributed by atoms with van der Waals surface area (Å²) in [5.74, 6) is 0.694. The maximum Gasteiger partial charge on any atom is 0.247 e. The third kappa shape index (κ3) is 5.01. The van der Waals surface area contributed by atoms with Gasteiger partial charge in [0.15, 0.2) is 6.34 Å². The van der Waals surface area contributed by atoms with Crippen molar-refractivity contribution in [2.24, 2.45) is 9.98 Å². The second kappa shape index (κ2) is 10.2. The minimum absolute atomic E-state index is 0.0530. The number of halogens is 1. The lowest BCUT2D eigenvalue weighted by atomic mass is 9.87. The van der Waals surface area contributed by atoms with Gasteiger partial charge in [-0.05, 0) is 47.7 Å². The molecule has 1 fully saturated rings. The molecule has 2 atom stereocenters. The molecule has 0 N–H and O–H groups in total. The Bertz CT molecular complexity index is 1020. The fourth-order valence-electron chi connectivity index (χ4n) is 5.08. The molecule has 1 aliphatic heterocycles. The Labute approximate surface area is 207 Å². The molecule has 33 heavy (non-hydrogen) atoms. The fraction of sp³-hybridized carbons (Fsp3) is 0.481. The number of thioether (sulfide) groups is 1. The zero-order chi connectivity index (χ0) is 23.5. The summed E-state index contributed by atoms with van der Waals surface area (Å²) in [6, 6.07) is 15.3. The molecule has 1 heterocycles. The summed E-state index contributed by atoms with van der Waals surface area (Å²) < 4.78 is 6.04. The minimum Gasteiger partial charge on any atom is -0.495 e. The summed E-state index contributed by atoms with van der Waals surface area (Å²) in [4.78, 5) is 10.9. The van der Waals surface area contributed by atoms with E-state index in [1.807, 2.05) is 17.8 Å². The van der Waals surface area contributed by atoms with Gasteiger partial charge in [0.05, 0.1) is 12.1 Å². The summed E-state index contributed by atoms with van der Waals surface area (Å²) in [7, 11) is 1.66. The van der Waals surface area contributed by atoms with E-state index in [2.05, 4.69) is 68.5 Å². The molecule has 0 radical (unpaired) electrons. The zero-order valence-corrected chi connectivity index (χ0v) is 21.7. The van der Waals surface area contributed by atoms with Crippen LogP contribution in [-0.2, 0) is 5.41 Å². The van der Waals surface area contributed by atoms with Gasteiger partial charge in [0.25, 0.3) is 0 Å². The maximum atomic E-state index is 6.65. The molecule has 1 saturated carbocycles. The molecule has 2 unspecified atom stereocenters. The molecule has 1 aliphatic carbocycles. The number of quaternary nitrogens is 1. The molecule has 2 aromatic rings. The van der Waals surface area contributed by atoms with Gasteiger partial charge in [-0.15, -0.1) is 0 Å². The van der Waals surface area contributed by atoms with Gasteiger partial charge in [0.1, 0.15) is 23.8 Å². The van der Waals surface area contributed by atoms with Crippen molar-refractivity contribution in [2.45, 2.75) is 81.1 Å². The van der Waals surface area contributed by atoms with Crippen LogP contribution in [0.15, 0.2) is 57.3 Å². The van der Waals surface area contributed by atoms with Gasteiger partial charge in [-0.25, -0.2) is 9.48 Å². The molecule has 6 heteroatoms. The minimum atomic E-state index is -0.0708. The van der Waals surface area contributed by atoms with Gasteiger partial charge in [0.2, 0.25) is 5.50 Å². The third-order valence-electron chi connectivity index (χ3n) is 6.82. The van der Waals surface area contributed by atoms with E-state index in [0.29, 0.717) is 21.3 Å². The van der Waals surface area contributed by atoms with Gasteiger partial charge < -0.3 is 4.74 Å². The zero-order valence-electron chi connectivity index (χ0n) is 20.1. The Morgan fingerprint density at radius 2 is 1.76 bits per heavy atom. The predicted molar refractivity (Wildman–Crippen MR) is 143 cm³/mol. The second-order valence-corrected chi connectivity index (χ2v) is 11.5. The van der Waals surface area contributed by atoms with Gasteiger partial charge in [-0.3, -0.25) is 0 Å². The molecular weight excluding hydrogens is 450 g/mol. The van der Waals surface area contributed by atoms with Crippen LogP contribution in [0.5, 0.6) is 5.75 Å². The number of rotatable bonds is 5. The number of ether oxygens (including phenoxy) is 1. The number of aliphatic imine (C=N–C) groups is 2. The number of hydrogen-bond donors (Lipinski definition) is 0. The lowest BCUT2D eigenvalue weighted by Gasteiger charge is -2.44. The summed E-state index contributed by atoms with van der Waals surface area (Å²) in [5, 5.41) is 0.628. The number of hydrogen-bond acceptors (Lipinski definition) is 4. The van der Waals surface area contributed by atoms with Gasteiger partial charge in [0, 0.05) is 29.9 Å². The normalized spacial score (nSPS) is 24.0. The van der Waals surface area contributed by atoms with Crippen LogP contribution in [0.25, 0.3) is 0 Å². The first-order chi connectivity index (χ1) is 15.9. The maximum absolute atomic E-state index is 6.65. The van der Waals surface area contributed by atoms with E-state index < -0.39 is 0 Å². The Morgan fingerprint density at radius 3 is 2.42 bits per heavy atom. The van der Waals surface area contributed by atoms with Crippen molar-refractivity contribution < 1.29 is 4.74 Å². The first-order valence-corrected chi connectivity index (χ1v) is 13.2. The van der Waals surface area contributed by atoms with E-state index in [0.717, 1.165) is 18.5 Å². The SMILES string of the molecule is COc1ccc([N+]2(C3CCCCCC3)C=NC=NC2Sc2ccccc2C(C)(C)C)cc1Cl. The first-order valence-electron chi connectivity index (χ1n) is 11.9. The van der Waals surface area contributed by atoms with Gasteiger partial charge in [-0.1, -0.05) is 63.4 Å². The van der Waals surface area contributed by atoms with Crippen molar-refractivity contribution in [1.29, 1.82) is 0 Å². The van der Waals surface area contributed by atoms with E-state index in [-0.39, 0.29) is 10.9 Å². The van der Waals surface area contributed by atoms with Crippen LogP contribution in [0.4, 0.5) is 5.69 Å². The molecule has 4 rings (SSSR count). The molecule has 2 aliphatic rings.